The van der Waals surface area contributed by atoms with Crippen LogP contribution in [-0.2, 0) is 4.79 Å². The number of rotatable bonds is 1. The van der Waals surface area contributed by atoms with E-state index in [1.807, 2.05) is 6.08 Å². The third-order valence-electron chi connectivity index (χ3n) is 1.41. The second-order valence-corrected chi connectivity index (χ2v) is 2.33. The van der Waals surface area contributed by atoms with Crippen molar-refractivity contribution in [2.24, 2.45) is 11.5 Å². The first-order valence-corrected chi connectivity index (χ1v) is 3.33. The molecule has 1 aliphatic carbocycles. The molecule has 0 aromatic rings. The van der Waals surface area contributed by atoms with Gasteiger partial charge >= 0.3 is 0 Å². The molecule has 0 radical (unpaired) electrons. The Labute approximate surface area is 65.1 Å². The predicted molar refractivity (Wildman–Crippen MR) is 43.3 cm³/mol. The van der Waals surface area contributed by atoms with Crippen LogP contribution in [0.3, 0.4) is 0 Å². The van der Waals surface area contributed by atoms with Crippen molar-refractivity contribution < 1.29 is 4.79 Å². The molecule has 3 heteroatoms. The van der Waals surface area contributed by atoms with Gasteiger partial charge in [0.15, 0.2) is 0 Å². The molecule has 0 aliphatic heterocycles. The molecular formula is C8H10N2O. The number of nitrogens with two attached hydrogens (primary N) is 2. The number of carbonyl (C=O) groups excluding carboxylic acids is 1. The molecule has 0 aromatic heterocycles. The Balaban J connectivity index is 2.89. The molecule has 3 nitrogen and oxygen atoms in total. The SMILES string of the molecule is NC(=O)C1=CC=C(N)CC=C1. The van der Waals surface area contributed by atoms with E-state index in [-0.39, 0.29) is 0 Å². The van der Waals surface area contributed by atoms with E-state index in [4.69, 9.17) is 11.5 Å². The van der Waals surface area contributed by atoms with Crippen LogP contribution in [0.5, 0.6) is 0 Å². The lowest BCUT2D eigenvalue weighted by atomic mass is 10.2. The van der Waals surface area contributed by atoms with E-state index in [0.717, 1.165) is 5.70 Å². The molecular weight excluding hydrogens is 140 g/mol. The van der Waals surface area contributed by atoms with Gasteiger partial charge in [0.05, 0.1) is 0 Å². The fourth-order valence-electron chi connectivity index (χ4n) is 0.807. The number of amides is 1. The monoisotopic (exact) mass is 150 g/mol. The predicted octanol–water partition coefficient (Wildman–Crippen LogP) is 0.201. The highest BCUT2D eigenvalue weighted by Gasteiger charge is 2.00. The number of primary amides is 1. The summed E-state index contributed by atoms with van der Waals surface area (Å²) in [4.78, 5) is 10.6. The van der Waals surface area contributed by atoms with Crippen molar-refractivity contribution in [2.75, 3.05) is 0 Å². The lowest BCUT2D eigenvalue weighted by molar-refractivity contribution is -0.114. The number of hydrogen-bond acceptors (Lipinski definition) is 2. The fourth-order valence-corrected chi connectivity index (χ4v) is 0.807. The van der Waals surface area contributed by atoms with Crippen LogP contribution in [0, 0.1) is 0 Å². The Morgan fingerprint density at radius 3 is 2.82 bits per heavy atom. The second kappa shape index (κ2) is 3.05. The van der Waals surface area contributed by atoms with E-state index in [9.17, 15) is 4.79 Å². The summed E-state index contributed by atoms with van der Waals surface area (Å²) >= 11 is 0. The van der Waals surface area contributed by atoms with E-state index in [1.54, 1.807) is 18.2 Å². The van der Waals surface area contributed by atoms with E-state index in [2.05, 4.69) is 0 Å². The average molecular weight is 150 g/mol. The van der Waals surface area contributed by atoms with Gasteiger partial charge in [-0.2, -0.15) is 0 Å². The van der Waals surface area contributed by atoms with Gasteiger partial charge in [0, 0.05) is 17.7 Å². The first-order valence-electron chi connectivity index (χ1n) is 3.33. The largest absolute Gasteiger partial charge is 0.402 e. The first kappa shape index (κ1) is 7.60. The molecule has 0 unspecified atom stereocenters. The van der Waals surface area contributed by atoms with Gasteiger partial charge in [-0.05, 0) is 12.2 Å². The topological polar surface area (TPSA) is 69.1 Å². The summed E-state index contributed by atoms with van der Waals surface area (Å²) in [5, 5.41) is 0. The van der Waals surface area contributed by atoms with Crippen LogP contribution >= 0.6 is 0 Å². The molecule has 11 heavy (non-hydrogen) atoms. The number of hydrogen-bond donors (Lipinski definition) is 2. The van der Waals surface area contributed by atoms with Crippen LogP contribution < -0.4 is 11.5 Å². The molecule has 0 aromatic carbocycles. The summed E-state index contributed by atoms with van der Waals surface area (Å²) in [7, 11) is 0. The highest BCUT2D eigenvalue weighted by Crippen LogP contribution is 2.06. The van der Waals surface area contributed by atoms with Crippen molar-refractivity contribution in [3.8, 4) is 0 Å². The third kappa shape index (κ3) is 1.97. The lowest BCUT2D eigenvalue weighted by Gasteiger charge is -1.89. The normalized spacial score (nSPS) is 16.7. The molecule has 0 saturated carbocycles. The quantitative estimate of drug-likeness (QED) is 0.560. The van der Waals surface area contributed by atoms with Crippen LogP contribution in [0.15, 0.2) is 35.6 Å². The summed E-state index contributed by atoms with van der Waals surface area (Å²) in [5.41, 5.74) is 11.8. The molecule has 0 bridgehead atoms. The van der Waals surface area contributed by atoms with Crippen molar-refractivity contribution in [3.05, 3.63) is 35.6 Å². The Morgan fingerprint density at radius 2 is 2.18 bits per heavy atom. The van der Waals surface area contributed by atoms with Crippen LogP contribution in [0.2, 0.25) is 0 Å². The maximum atomic E-state index is 10.6. The van der Waals surface area contributed by atoms with Gasteiger partial charge in [0.2, 0.25) is 5.91 Å². The minimum absolute atomic E-state index is 0.424. The molecule has 0 spiro atoms. The zero-order valence-corrected chi connectivity index (χ0v) is 6.08. The van der Waals surface area contributed by atoms with E-state index in [0.29, 0.717) is 12.0 Å². The highest BCUT2D eigenvalue weighted by atomic mass is 16.1. The minimum atomic E-state index is -0.424. The maximum absolute atomic E-state index is 10.6. The molecule has 0 fully saturated rings. The van der Waals surface area contributed by atoms with Crippen molar-refractivity contribution >= 4 is 5.91 Å². The van der Waals surface area contributed by atoms with E-state index in [1.165, 1.54) is 0 Å². The Bertz CT molecular complexity index is 261. The number of allylic oxidation sites excluding steroid dienone is 3. The van der Waals surface area contributed by atoms with Crippen molar-refractivity contribution in [2.45, 2.75) is 6.42 Å². The summed E-state index contributed by atoms with van der Waals surface area (Å²) in [6.07, 6.45) is 7.49. The molecule has 58 valence electrons. The molecule has 0 heterocycles. The summed E-state index contributed by atoms with van der Waals surface area (Å²) < 4.78 is 0. The molecule has 0 saturated heterocycles. The third-order valence-corrected chi connectivity index (χ3v) is 1.41. The molecule has 1 rings (SSSR count). The standard InChI is InChI=1S/C8H10N2O/c9-7-3-1-2-6(4-5-7)8(10)11/h1-2,4-5H,3,9H2,(H2,10,11). The fraction of sp³-hybridized carbons (Fsp3) is 0.125. The summed E-state index contributed by atoms with van der Waals surface area (Å²) in [5.74, 6) is -0.424. The zero-order chi connectivity index (χ0) is 8.27. The van der Waals surface area contributed by atoms with Crippen LogP contribution in [0.1, 0.15) is 6.42 Å². The van der Waals surface area contributed by atoms with Gasteiger partial charge in [0.25, 0.3) is 0 Å². The Kier molecular flexibility index (Phi) is 2.11. The van der Waals surface area contributed by atoms with Crippen LogP contribution in [0.4, 0.5) is 0 Å². The lowest BCUT2D eigenvalue weighted by Crippen LogP contribution is -2.11. The zero-order valence-electron chi connectivity index (χ0n) is 6.08. The summed E-state index contributed by atoms with van der Waals surface area (Å²) in [6, 6.07) is 0. The van der Waals surface area contributed by atoms with Gasteiger partial charge in [-0.15, -0.1) is 0 Å². The summed E-state index contributed by atoms with van der Waals surface area (Å²) in [6.45, 7) is 0. The molecule has 4 N–H and O–H groups in total. The smallest absolute Gasteiger partial charge is 0.248 e. The van der Waals surface area contributed by atoms with Gasteiger partial charge in [-0.3, -0.25) is 4.79 Å². The molecule has 0 atom stereocenters. The van der Waals surface area contributed by atoms with Crippen molar-refractivity contribution in [1.29, 1.82) is 0 Å². The maximum Gasteiger partial charge on any atom is 0.248 e. The second-order valence-electron chi connectivity index (χ2n) is 2.33. The van der Waals surface area contributed by atoms with Crippen LogP contribution in [0.25, 0.3) is 0 Å². The molecule has 1 aliphatic rings. The Hall–Kier alpha value is -1.51. The van der Waals surface area contributed by atoms with Gasteiger partial charge in [-0.25, -0.2) is 0 Å². The highest BCUT2D eigenvalue weighted by molar-refractivity contribution is 5.95. The molecule has 1 amide bonds. The van der Waals surface area contributed by atoms with E-state index < -0.39 is 5.91 Å². The number of carbonyl (C=O) groups is 1. The van der Waals surface area contributed by atoms with Crippen LogP contribution in [-0.4, -0.2) is 5.91 Å². The van der Waals surface area contributed by atoms with Gasteiger partial charge in [0.1, 0.15) is 0 Å². The van der Waals surface area contributed by atoms with Gasteiger partial charge < -0.3 is 11.5 Å². The Morgan fingerprint density at radius 1 is 1.45 bits per heavy atom. The average Bonchev–Trinajstić information content (AvgIpc) is 2.13. The first-order chi connectivity index (χ1) is 5.20. The van der Waals surface area contributed by atoms with E-state index >= 15 is 0 Å². The van der Waals surface area contributed by atoms with Crippen molar-refractivity contribution in [3.63, 3.8) is 0 Å². The van der Waals surface area contributed by atoms with Gasteiger partial charge in [-0.1, -0.05) is 12.2 Å². The van der Waals surface area contributed by atoms with Crippen molar-refractivity contribution in [1.82, 2.24) is 0 Å². The minimum Gasteiger partial charge on any atom is -0.402 e.